The molecule has 0 saturated heterocycles. The highest BCUT2D eigenvalue weighted by Crippen LogP contribution is 2.40. The van der Waals surface area contributed by atoms with Gasteiger partial charge in [0.1, 0.15) is 5.82 Å². The first-order valence-corrected chi connectivity index (χ1v) is 6.79. The van der Waals surface area contributed by atoms with Crippen LogP contribution in [0.3, 0.4) is 0 Å². The number of pyridine rings is 1. The number of nitrogens with one attached hydrogen (secondary N) is 1. The molecule has 0 unspecified atom stereocenters. The van der Waals surface area contributed by atoms with Crippen LogP contribution < -0.4 is 5.32 Å². The third-order valence-corrected chi connectivity index (χ3v) is 4.02. The quantitative estimate of drug-likeness (QED) is 0.863. The Labute approximate surface area is 110 Å². The highest BCUT2D eigenvalue weighted by Gasteiger charge is 2.36. The van der Waals surface area contributed by atoms with Gasteiger partial charge in [0, 0.05) is 12.2 Å². The zero-order valence-corrected chi connectivity index (χ0v) is 11.7. The molecule has 3 nitrogen and oxygen atoms in total. The number of aromatic nitrogens is 1. The van der Waals surface area contributed by atoms with Crippen molar-refractivity contribution in [2.45, 2.75) is 52.1 Å². The fourth-order valence-electron chi connectivity index (χ4n) is 2.47. The topological polar surface area (TPSA) is 45.1 Å². The van der Waals surface area contributed by atoms with Gasteiger partial charge in [-0.15, -0.1) is 0 Å². The van der Waals surface area contributed by atoms with Crippen LogP contribution in [-0.4, -0.2) is 22.2 Å². The van der Waals surface area contributed by atoms with Gasteiger partial charge in [-0.3, -0.25) is 0 Å². The molecule has 0 atom stereocenters. The van der Waals surface area contributed by atoms with Crippen molar-refractivity contribution in [2.24, 2.45) is 5.41 Å². The predicted molar refractivity (Wildman–Crippen MR) is 74.7 cm³/mol. The number of hydrogen-bond acceptors (Lipinski definition) is 3. The van der Waals surface area contributed by atoms with Crippen LogP contribution in [0.15, 0.2) is 18.2 Å². The Morgan fingerprint density at radius 3 is 2.50 bits per heavy atom. The minimum absolute atomic E-state index is 0.383. The SMILES string of the molecule is Cc1cccc(NCC2(O)CCC(C)(C)CC2)n1. The van der Waals surface area contributed by atoms with Crippen LogP contribution >= 0.6 is 0 Å². The molecule has 0 aromatic carbocycles. The number of nitrogens with zero attached hydrogens (tertiary/aromatic N) is 1. The van der Waals surface area contributed by atoms with E-state index in [9.17, 15) is 5.11 Å². The molecule has 1 fully saturated rings. The normalized spacial score (nSPS) is 21.6. The monoisotopic (exact) mass is 248 g/mol. The molecule has 0 bridgehead atoms. The maximum Gasteiger partial charge on any atom is 0.126 e. The lowest BCUT2D eigenvalue weighted by Gasteiger charge is -2.40. The highest BCUT2D eigenvalue weighted by atomic mass is 16.3. The molecule has 0 radical (unpaired) electrons. The third-order valence-electron chi connectivity index (χ3n) is 4.02. The maximum atomic E-state index is 10.5. The van der Waals surface area contributed by atoms with Gasteiger partial charge in [-0.05, 0) is 50.2 Å². The molecular weight excluding hydrogens is 224 g/mol. The van der Waals surface area contributed by atoms with Crippen LogP contribution in [0.4, 0.5) is 5.82 Å². The molecule has 0 aliphatic heterocycles. The van der Waals surface area contributed by atoms with Gasteiger partial charge in [-0.25, -0.2) is 4.98 Å². The Balaban J connectivity index is 1.90. The van der Waals surface area contributed by atoms with E-state index in [1.807, 2.05) is 25.1 Å². The van der Waals surface area contributed by atoms with Gasteiger partial charge < -0.3 is 10.4 Å². The Morgan fingerprint density at radius 1 is 1.22 bits per heavy atom. The van der Waals surface area contributed by atoms with Crippen molar-refractivity contribution >= 4 is 5.82 Å². The molecule has 1 aliphatic rings. The van der Waals surface area contributed by atoms with Gasteiger partial charge in [0.15, 0.2) is 0 Å². The predicted octanol–water partition coefficient (Wildman–Crippen LogP) is 3.13. The van der Waals surface area contributed by atoms with E-state index in [4.69, 9.17) is 0 Å². The lowest BCUT2D eigenvalue weighted by molar-refractivity contribution is -0.0145. The summed E-state index contributed by atoms with van der Waals surface area (Å²) in [6, 6.07) is 5.91. The number of aryl methyl sites for hydroxylation is 1. The lowest BCUT2D eigenvalue weighted by Crippen LogP contribution is -2.42. The zero-order valence-electron chi connectivity index (χ0n) is 11.7. The minimum Gasteiger partial charge on any atom is -0.388 e. The Bertz CT molecular complexity index is 405. The number of anilines is 1. The average molecular weight is 248 g/mol. The summed E-state index contributed by atoms with van der Waals surface area (Å²) in [7, 11) is 0. The summed E-state index contributed by atoms with van der Waals surface area (Å²) in [6.45, 7) is 7.13. The second-order valence-corrected chi connectivity index (χ2v) is 6.41. The van der Waals surface area contributed by atoms with Crippen molar-refractivity contribution in [3.8, 4) is 0 Å². The van der Waals surface area contributed by atoms with Crippen LogP contribution in [0.2, 0.25) is 0 Å². The van der Waals surface area contributed by atoms with Gasteiger partial charge in [-0.1, -0.05) is 19.9 Å². The smallest absolute Gasteiger partial charge is 0.126 e. The van der Waals surface area contributed by atoms with Crippen molar-refractivity contribution in [1.82, 2.24) is 4.98 Å². The van der Waals surface area contributed by atoms with E-state index in [-0.39, 0.29) is 0 Å². The molecule has 1 heterocycles. The second kappa shape index (κ2) is 4.88. The van der Waals surface area contributed by atoms with Gasteiger partial charge in [0.25, 0.3) is 0 Å². The van der Waals surface area contributed by atoms with Crippen molar-refractivity contribution < 1.29 is 5.11 Å². The number of rotatable bonds is 3. The molecular formula is C15H24N2O. The molecule has 3 heteroatoms. The van der Waals surface area contributed by atoms with E-state index in [1.54, 1.807) is 0 Å². The lowest BCUT2D eigenvalue weighted by atomic mass is 9.71. The summed E-state index contributed by atoms with van der Waals surface area (Å²) >= 11 is 0. The van der Waals surface area contributed by atoms with E-state index in [1.165, 1.54) is 0 Å². The summed E-state index contributed by atoms with van der Waals surface area (Å²) in [5, 5.41) is 13.8. The van der Waals surface area contributed by atoms with Crippen LogP contribution in [0, 0.1) is 12.3 Å². The molecule has 100 valence electrons. The molecule has 2 N–H and O–H groups in total. The summed E-state index contributed by atoms with van der Waals surface area (Å²) in [5.41, 5.74) is 0.811. The summed E-state index contributed by atoms with van der Waals surface area (Å²) in [5.74, 6) is 0.855. The standard InChI is InChI=1S/C15H24N2O/c1-12-5-4-6-13(17-12)16-11-15(18)9-7-14(2,3)8-10-15/h4-6,18H,7-11H2,1-3H3,(H,16,17). The van der Waals surface area contributed by atoms with Gasteiger partial charge in [-0.2, -0.15) is 0 Å². The van der Waals surface area contributed by atoms with Gasteiger partial charge in [0.2, 0.25) is 0 Å². The summed E-state index contributed by atoms with van der Waals surface area (Å²) in [4.78, 5) is 4.40. The minimum atomic E-state index is -0.569. The van der Waals surface area contributed by atoms with Crippen molar-refractivity contribution in [2.75, 3.05) is 11.9 Å². The highest BCUT2D eigenvalue weighted by molar-refractivity contribution is 5.35. The molecule has 1 aromatic heterocycles. The molecule has 1 aliphatic carbocycles. The van der Waals surface area contributed by atoms with Crippen LogP contribution in [-0.2, 0) is 0 Å². The van der Waals surface area contributed by atoms with Gasteiger partial charge in [0.05, 0.1) is 5.60 Å². The van der Waals surface area contributed by atoms with E-state index < -0.39 is 5.60 Å². The Kier molecular flexibility index (Phi) is 3.62. The van der Waals surface area contributed by atoms with Crippen molar-refractivity contribution in [3.63, 3.8) is 0 Å². The largest absolute Gasteiger partial charge is 0.388 e. The molecule has 18 heavy (non-hydrogen) atoms. The maximum absolute atomic E-state index is 10.5. The number of aliphatic hydroxyl groups is 1. The van der Waals surface area contributed by atoms with E-state index in [2.05, 4.69) is 24.1 Å². The van der Waals surface area contributed by atoms with Crippen molar-refractivity contribution in [3.05, 3.63) is 23.9 Å². The first kappa shape index (κ1) is 13.3. The van der Waals surface area contributed by atoms with E-state index in [0.717, 1.165) is 37.2 Å². The fraction of sp³-hybridized carbons (Fsp3) is 0.667. The second-order valence-electron chi connectivity index (χ2n) is 6.41. The van der Waals surface area contributed by atoms with Crippen LogP contribution in [0.5, 0.6) is 0 Å². The molecule has 1 saturated carbocycles. The molecule has 2 rings (SSSR count). The van der Waals surface area contributed by atoms with E-state index in [0.29, 0.717) is 12.0 Å². The van der Waals surface area contributed by atoms with Crippen LogP contribution in [0.25, 0.3) is 0 Å². The zero-order chi connectivity index (χ0) is 13.2. The summed E-state index contributed by atoms with van der Waals surface area (Å²) < 4.78 is 0. The fourth-order valence-corrected chi connectivity index (χ4v) is 2.47. The number of hydrogen-bond donors (Lipinski definition) is 2. The third kappa shape index (κ3) is 3.45. The first-order chi connectivity index (χ1) is 8.39. The van der Waals surface area contributed by atoms with Crippen molar-refractivity contribution in [1.29, 1.82) is 0 Å². The molecule has 1 aromatic rings. The summed E-state index contributed by atoms with van der Waals surface area (Å²) in [6.07, 6.45) is 3.93. The molecule has 0 spiro atoms. The first-order valence-electron chi connectivity index (χ1n) is 6.79. The van der Waals surface area contributed by atoms with Gasteiger partial charge >= 0.3 is 0 Å². The Hall–Kier alpha value is -1.09. The molecule has 0 amide bonds. The van der Waals surface area contributed by atoms with E-state index >= 15 is 0 Å². The van der Waals surface area contributed by atoms with Crippen LogP contribution in [0.1, 0.15) is 45.2 Å². The Morgan fingerprint density at radius 2 is 1.89 bits per heavy atom. The average Bonchev–Trinajstić information content (AvgIpc) is 2.32.